The molecule has 0 unspecified atom stereocenters. The minimum Gasteiger partial charge on any atom is -0.452 e. The van der Waals surface area contributed by atoms with Gasteiger partial charge in [-0.2, -0.15) is 0 Å². The zero-order valence-electron chi connectivity index (χ0n) is 17.4. The Balaban J connectivity index is 1.27. The lowest BCUT2D eigenvalue weighted by Crippen LogP contribution is -2.49. The van der Waals surface area contributed by atoms with E-state index in [4.69, 9.17) is 4.74 Å². The monoisotopic (exact) mass is 469 g/mol. The molecule has 7 nitrogen and oxygen atoms in total. The number of hydrogen-bond donors (Lipinski definition) is 1. The fourth-order valence-electron chi connectivity index (χ4n) is 3.44. The van der Waals surface area contributed by atoms with Crippen molar-refractivity contribution in [3.8, 4) is 0 Å². The van der Waals surface area contributed by atoms with E-state index in [1.807, 2.05) is 11.4 Å². The minimum absolute atomic E-state index is 0.214. The van der Waals surface area contributed by atoms with E-state index >= 15 is 0 Å². The molecular formula is C23H23N3O4S2. The summed E-state index contributed by atoms with van der Waals surface area (Å²) in [7, 11) is 0. The Morgan fingerprint density at radius 1 is 0.906 bits per heavy atom. The predicted octanol–water partition coefficient (Wildman–Crippen LogP) is 3.56. The predicted molar refractivity (Wildman–Crippen MR) is 125 cm³/mol. The summed E-state index contributed by atoms with van der Waals surface area (Å²) in [5.74, 6) is -1.15. The van der Waals surface area contributed by atoms with Crippen LogP contribution >= 0.6 is 22.7 Å². The number of benzene rings is 1. The maximum absolute atomic E-state index is 12.6. The normalized spacial score (nSPS) is 14.2. The average molecular weight is 470 g/mol. The van der Waals surface area contributed by atoms with Gasteiger partial charge in [0, 0.05) is 37.6 Å². The van der Waals surface area contributed by atoms with Crippen LogP contribution in [-0.4, -0.2) is 60.4 Å². The molecule has 1 aliphatic rings. The van der Waals surface area contributed by atoms with Crippen LogP contribution in [0.2, 0.25) is 0 Å². The fourth-order valence-corrected chi connectivity index (χ4v) is 4.80. The highest BCUT2D eigenvalue weighted by atomic mass is 32.1. The fraction of sp³-hybridized carbons (Fsp3) is 0.261. The summed E-state index contributed by atoms with van der Waals surface area (Å²) in [5, 5.41) is 6.61. The molecule has 1 saturated heterocycles. The van der Waals surface area contributed by atoms with E-state index in [0.717, 1.165) is 19.6 Å². The molecule has 2 amide bonds. The van der Waals surface area contributed by atoms with Gasteiger partial charge in [-0.05, 0) is 35.0 Å². The zero-order valence-corrected chi connectivity index (χ0v) is 19.0. The number of carbonyl (C=O) groups is 3. The van der Waals surface area contributed by atoms with Crippen LogP contribution < -0.4 is 5.32 Å². The first-order valence-corrected chi connectivity index (χ1v) is 12.0. The molecule has 3 heterocycles. The number of hydrogen-bond acceptors (Lipinski definition) is 7. The molecule has 1 aliphatic heterocycles. The molecular weight excluding hydrogens is 446 g/mol. The van der Waals surface area contributed by atoms with Gasteiger partial charge >= 0.3 is 5.97 Å². The van der Waals surface area contributed by atoms with Crippen LogP contribution in [-0.2, 0) is 16.1 Å². The summed E-state index contributed by atoms with van der Waals surface area (Å²) in [6.07, 6.45) is 0. The summed E-state index contributed by atoms with van der Waals surface area (Å²) in [5.41, 5.74) is 0.566. The lowest BCUT2D eigenvalue weighted by Gasteiger charge is -2.34. The second-order valence-corrected chi connectivity index (χ2v) is 9.27. The van der Waals surface area contributed by atoms with E-state index in [9.17, 15) is 14.4 Å². The van der Waals surface area contributed by atoms with E-state index in [1.165, 1.54) is 16.2 Å². The number of carbonyl (C=O) groups excluding carboxylic acids is 3. The van der Waals surface area contributed by atoms with Crippen molar-refractivity contribution in [2.24, 2.45) is 0 Å². The van der Waals surface area contributed by atoms with Crippen molar-refractivity contribution in [1.82, 2.24) is 9.80 Å². The second-order valence-electron chi connectivity index (χ2n) is 7.29. The number of thiophene rings is 2. The van der Waals surface area contributed by atoms with Crippen LogP contribution in [0.3, 0.4) is 0 Å². The van der Waals surface area contributed by atoms with Crippen molar-refractivity contribution < 1.29 is 19.1 Å². The Morgan fingerprint density at radius 3 is 2.38 bits per heavy atom. The number of nitrogens with one attached hydrogen (secondary N) is 1. The largest absolute Gasteiger partial charge is 0.452 e. The molecule has 2 aromatic heterocycles. The van der Waals surface area contributed by atoms with Gasteiger partial charge in [0.05, 0.1) is 16.1 Å². The quantitative estimate of drug-likeness (QED) is 0.536. The SMILES string of the molecule is O=C(Nc1ccccc1C(=O)OCC(=O)N1CCN(Cc2cccs2)CC1)c1cccs1. The molecule has 1 fully saturated rings. The topological polar surface area (TPSA) is 78.9 Å². The lowest BCUT2D eigenvalue weighted by molar-refractivity contribution is -0.136. The van der Waals surface area contributed by atoms with Gasteiger partial charge < -0.3 is 15.0 Å². The van der Waals surface area contributed by atoms with Crippen molar-refractivity contribution >= 4 is 46.1 Å². The molecule has 1 aromatic carbocycles. The first-order chi connectivity index (χ1) is 15.6. The van der Waals surface area contributed by atoms with Gasteiger partial charge in [-0.1, -0.05) is 24.3 Å². The summed E-state index contributed by atoms with van der Waals surface area (Å²) < 4.78 is 5.28. The van der Waals surface area contributed by atoms with Crippen LogP contribution in [0.25, 0.3) is 0 Å². The number of rotatable bonds is 7. The summed E-state index contributed by atoms with van der Waals surface area (Å²) in [6, 6.07) is 14.3. The third-order valence-corrected chi connectivity index (χ3v) is 6.88. The number of anilines is 1. The number of esters is 1. The molecule has 0 aliphatic carbocycles. The third-order valence-electron chi connectivity index (χ3n) is 5.15. The van der Waals surface area contributed by atoms with Crippen molar-refractivity contribution in [2.45, 2.75) is 6.54 Å². The molecule has 3 aromatic rings. The van der Waals surface area contributed by atoms with Crippen molar-refractivity contribution in [3.05, 3.63) is 74.6 Å². The number of ether oxygens (including phenoxy) is 1. The van der Waals surface area contributed by atoms with Gasteiger partial charge in [0.25, 0.3) is 11.8 Å². The molecule has 0 spiro atoms. The molecule has 4 rings (SSSR count). The minimum atomic E-state index is -0.642. The van der Waals surface area contributed by atoms with Crippen LogP contribution in [0.1, 0.15) is 24.9 Å². The highest BCUT2D eigenvalue weighted by molar-refractivity contribution is 7.12. The Hall–Kier alpha value is -3.01. The van der Waals surface area contributed by atoms with Crippen molar-refractivity contribution in [2.75, 3.05) is 38.1 Å². The Morgan fingerprint density at radius 2 is 1.66 bits per heavy atom. The van der Waals surface area contributed by atoms with Gasteiger partial charge in [-0.25, -0.2) is 4.79 Å². The van der Waals surface area contributed by atoms with Gasteiger partial charge in [0.15, 0.2) is 6.61 Å². The number of amides is 2. The van der Waals surface area contributed by atoms with E-state index < -0.39 is 5.97 Å². The molecule has 0 bridgehead atoms. The molecule has 0 radical (unpaired) electrons. The highest BCUT2D eigenvalue weighted by Gasteiger charge is 2.23. The third kappa shape index (κ3) is 5.61. The highest BCUT2D eigenvalue weighted by Crippen LogP contribution is 2.19. The summed E-state index contributed by atoms with van der Waals surface area (Å²) in [4.78, 5) is 43.4. The Kier molecular flexibility index (Phi) is 7.31. The van der Waals surface area contributed by atoms with Crippen LogP contribution in [0, 0.1) is 0 Å². The van der Waals surface area contributed by atoms with Crippen molar-refractivity contribution in [3.63, 3.8) is 0 Å². The van der Waals surface area contributed by atoms with E-state index in [1.54, 1.807) is 52.6 Å². The smallest absolute Gasteiger partial charge is 0.340 e. The second kappa shape index (κ2) is 10.5. The number of para-hydroxylation sites is 1. The average Bonchev–Trinajstić information content (AvgIpc) is 3.53. The summed E-state index contributed by atoms with van der Waals surface area (Å²) >= 11 is 3.05. The van der Waals surface area contributed by atoms with E-state index in [-0.39, 0.29) is 24.0 Å². The molecule has 32 heavy (non-hydrogen) atoms. The standard InChI is InChI=1S/C23H23N3O4S2/c27-21(26-11-9-25(10-12-26)15-17-5-3-13-31-17)16-30-23(29)18-6-1-2-7-19(18)24-22(28)20-8-4-14-32-20/h1-8,13-14H,9-12,15-16H2,(H,24,28). The van der Waals surface area contributed by atoms with Gasteiger partial charge in [-0.3, -0.25) is 14.5 Å². The molecule has 9 heteroatoms. The Bertz CT molecular complexity index is 1060. The van der Waals surface area contributed by atoms with Crippen LogP contribution in [0.15, 0.2) is 59.3 Å². The zero-order chi connectivity index (χ0) is 22.3. The molecule has 166 valence electrons. The van der Waals surface area contributed by atoms with E-state index in [0.29, 0.717) is 23.7 Å². The maximum Gasteiger partial charge on any atom is 0.340 e. The number of nitrogens with zero attached hydrogens (tertiary/aromatic N) is 2. The van der Waals surface area contributed by atoms with Gasteiger partial charge in [0.1, 0.15) is 0 Å². The Labute approximate surface area is 194 Å². The van der Waals surface area contributed by atoms with Gasteiger partial charge in [0.2, 0.25) is 0 Å². The first kappa shape index (κ1) is 22.2. The molecule has 0 atom stereocenters. The molecule has 0 saturated carbocycles. The number of piperazine rings is 1. The summed E-state index contributed by atoms with van der Waals surface area (Å²) in [6.45, 7) is 3.36. The van der Waals surface area contributed by atoms with Gasteiger partial charge in [-0.15, -0.1) is 22.7 Å². The van der Waals surface area contributed by atoms with Crippen LogP contribution in [0.5, 0.6) is 0 Å². The maximum atomic E-state index is 12.6. The lowest BCUT2D eigenvalue weighted by atomic mass is 10.1. The first-order valence-electron chi connectivity index (χ1n) is 10.2. The van der Waals surface area contributed by atoms with E-state index in [2.05, 4.69) is 21.7 Å². The molecule has 1 N–H and O–H groups in total. The van der Waals surface area contributed by atoms with Crippen molar-refractivity contribution in [1.29, 1.82) is 0 Å². The van der Waals surface area contributed by atoms with Crippen LogP contribution in [0.4, 0.5) is 5.69 Å².